The first-order chi connectivity index (χ1) is 8.49. The predicted octanol–water partition coefficient (Wildman–Crippen LogP) is 5.99. The Balaban J connectivity index is 2.44. The minimum Gasteiger partial charge on any atom is -0.206 e. The number of benzene rings is 2. The first-order valence-electron chi connectivity index (χ1n) is 5.34. The second-order valence-corrected chi connectivity index (χ2v) is 6.21. The Labute approximate surface area is 127 Å². The topological polar surface area (TPSA) is 0 Å². The van der Waals surface area contributed by atoms with E-state index in [1.54, 1.807) is 12.1 Å². The van der Waals surface area contributed by atoms with Gasteiger partial charge in [-0.25, -0.2) is 4.39 Å². The van der Waals surface area contributed by atoms with Gasteiger partial charge in [0.1, 0.15) is 5.82 Å². The van der Waals surface area contributed by atoms with Crippen molar-refractivity contribution in [3.8, 4) is 0 Å². The maximum atomic E-state index is 13.2. The van der Waals surface area contributed by atoms with E-state index in [9.17, 15) is 4.39 Å². The summed E-state index contributed by atoms with van der Waals surface area (Å²) in [5.41, 5.74) is 2.98. The van der Waals surface area contributed by atoms with E-state index in [-0.39, 0.29) is 11.2 Å². The average molecular weight is 392 g/mol. The van der Waals surface area contributed by atoms with Crippen LogP contribution in [0.15, 0.2) is 45.3 Å². The summed E-state index contributed by atoms with van der Waals surface area (Å²) in [5, 5.41) is -0.309. The number of hydrogen-bond acceptors (Lipinski definition) is 0. The van der Waals surface area contributed by atoms with Gasteiger partial charge in [-0.1, -0.05) is 39.7 Å². The molecule has 0 saturated heterocycles. The van der Waals surface area contributed by atoms with Crippen LogP contribution < -0.4 is 0 Å². The van der Waals surface area contributed by atoms with Crippen molar-refractivity contribution in [2.24, 2.45) is 0 Å². The van der Waals surface area contributed by atoms with Gasteiger partial charge in [-0.3, -0.25) is 0 Å². The number of hydrogen-bond donors (Lipinski definition) is 0. The molecule has 0 saturated carbocycles. The third-order valence-electron chi connectivity index (χ3n) is 2.66. The van der Waals surface area contributed by atoms with Crippen LogP contribution in [0, 0.1) is 12.7 Å². The van der Waals surface area contributed by atoms with Crippen molar-refractivity contribution in [3.63, 3.8) is 0 Å². The number of alkyl halides is 1. The first kappa shape index (κ1) is 14.0. The number of halogens is 4. The van der Waals surface area contributed by atoms with Gasteiger partial charge in [-0.2, -0.15) is 0 Å². The van der Waals surface area contributed by atoms with Gasteiger partial charge in [0.25, 0.3) is 0 Å². The largest absolute Gasteiger partial charge is 0.206 e. The second kappa shape index (κ2) is 5.72. The molecule has 0 spiro atoms. The van der Waals surface area contributed by atoms with Gasteiger partial charge in [0, 0.05) is 4.47 Å². The molecule has 0 fully saturated rings. The van der Waals surface area contributed by atoms with Crippen LogP contribution in [-0.4, -0.2) is 0 Å². The molecule has 18 heavy (non-hydrogen) atoms. The molecule has 4 heteroatoms. The Morgan fingerprint density at radius 2 is 1.78 bits per heavy atom. The SMILES string of the molecule is Cc1ccc(Br)c(C(Cl)c2ccc(F)c(Br)c2)c1. The summed E-state index contributed by atoms with van der Waals surface area (Å²) in [6.07, 6.45) is 0. The molecule has 1 unspecified atom stereocenters. The Bertz CT molecular complexity index is 584. The molecule has 2 aromatic rings. The maximum Gasteiger partial charge on any atom is 0.137 e. The van der Waals surface area contributed by atoms with Crippen molar-refractivity contribution in [3.05, 3.63) is 67.9 Å². The van der Waals surface area contributed by atoms with E-state index in [0.717, 1.165) is 21.2 Å². The quantitative estimate of drug-likeness (QED) is 0.551. The van der Waals surface area contributed by atoms with Crippen LogP contribution in [0.1, 0.15) is 22.1 Å². The Morgan fingerprint density at radius 1 is 1.06 bits per heavy atom. The summed E-state index contributed by atoms with van der Waals surface area (Å²) < 4.78 is 14.6. The fourth-order valence-electron chi connectivity index (χ4n) is 1.71. The molecule has 0 aliphatic carbocycles. The minimum atomic E-state index is -0.309. The van der Waals surface area contributed by atoms with Crippen LogP contribution in [0.5, 0.6) is 0 Å². The molecular weight excluding hydrogens is 382 g/mol. The monoisotopic (exact) mass is 390 g/mol. The highest BCUT2D eigenvalue weighted by atomic mass is 79.9. The zero-order chi connectivity index (χ0) is 13.3. The summed E-state index contributed by atoms with van der Waals surface area (Å²) in [7, 11) is 0. The summed E-state index contributed by atoms with van der Waals surface area (Å²) in [4.78, 5) is 0. The molecule has 0 aliphatic heterocycles. The van der Waals surface area contributed by atoms with Crippen LogP contribution >= 0.6 is 43.5 Å². The number of rotatable bonds is 2. The second-order valence-electron chi connectivity index (χ2n) is 4.06. The van der Waals surface area contributed by atoms with Crippen LogP contribution in [0.3, 0.4) is 0 Å². The zero-order valence-electron chi connectivity index (χ0n) is 9.55. The molecule has 0 radical (unpaired) electrons. The molecule has 0 nitrogen and oxygen atoms in total. The minimum absolute atomic E-state index is 0.286. The standard InChI is InChI=1S/C14H10Br2ClF/c1-8-2-4-11(15)10(6-8)14(17)9-3-5-13(18)12(16)7-9/h2-7,14H,1H3. The van der Waals surface area contributed by atoms with Gasteiger partial charge in [0.05, 0.1) is 9.85 Å². The highest BCUT2D eigenvalue weighted by Crippen LogP contribution is 2.35. The van der Waals surface area contributed by atoms with Gasteiger partial charge < -0.3 is 0 Å². The molecule has 94 valence electrons. The van der Waals surface area contributed by atoms with Gasteiger partial charge in [-0.05, 0) is 52.2 Å². The molecule has 2 aromatic carbocycles. The van der Waals surface area contributed by atoms with Gasteiger partial charge in [-0.15, -0.1) is 11.6 Å². The highest BCUT2D eigenvalue weighted by molar-refractivity contribution is 9.10. The van der Waals surface area contributed by atoms with Crippen molar-refractivity contribution in [1.82, 2.24) is 0 Å². The van der Waals surface area contributed by atoms with Gasteiger partial charge in [0.2, 0.25) is 0 Å². The highest BCUT2D eigenvalue weighted by Gasteiger charge is 2.15. The van der Waals surface area contributed by atoms with Crippen molar-refractivity contribution in [2.45, 2.75) is 12.3 Å². The fourth-order valence-corrected chi connectivity index (χ4v) is 3.03. The van der Waals surface area contributed by atoms with Crippen molar-refractivity contribution >= 4 is 43.5 Å². The first-order valence-corrected chi connectivity index (χ1v) is 7.36. The maximum absolute atomic E-state index is 13.2. The zero-order valence-corrected chi connectivity index (χ0v) is 13.5. The Morgan fingerprint density at radius 3 is 2.44 bits per heavy atom. The molecule has 0 aliphatic rings. The van der Waals surface area contributed by atoms with Crippen LogP contribution in [0.2, 0.25) is 0 Å². The molecule has 0 amide bonds. The summed E-state index contributed by atoms with van der Waals surface area (Å²) in [5.74, 6) is -0.286. The molecule has 0 N–H and O–H groups in total. The summed E-state index contributed by atoms with van der Waals surface area (Å²) >= 11 is 13.1. The predicted molar refractivity (Wildman–Crippen MR) is 80.7 cm³/mol. The van der Waals surface area contributed by atoms with Crippen LogP contribution in [0.25, 0.3) is 0 Å². The lowest BCUT2D eigenvalue weighted by Gasteiger charge is -2.13. The summed E-state index contributed by atoms with van der Waals surface area (Å²) in [6.45, 7) is 2.01. The third kappa shape index (κ3) is 2.95. The van der Waals surface area contributed by atoms with Crippen molar-refractivity contribution in [2.75, 3.05) is 0 Å². The van der Waals surface area contributed by atoms with E-state index >= 15 is 0 Å². The molecular formula is C14H10Br2ClF. The van der Waals surface area contributed by atoms with Gasteiger partial charge in [0.15, 0.2) is 0 Å². The average Bonchev–Trinajstić information content (AvgIpc) is 2.35. The van der Waals surface area contributed by atoms with E-state index in [1.165, 1.54) is 6.07 Å². The Kier molecular flexibility index (Phi) is 4.46. The lowest BCUT2D eigenvalue weighted by atomic mass is 10.0. The fraction of sp³-hybridized carbons (Fsp3) is 0.143. The van der Waals surface area contributed by atoms with E-state index < -0.39 is 0 Å². The molecule has 2 rings (SSSR count). The number of aryl methyl sites for hydroxylation is 1. The van der Waals surface area contributed by atoms with Crippen LogP contribution in [-0.2, 0) is 0 Å². The lowest BCUT2D eigenvalue weighted by Crippen LogP contribution is -1.96. The van der Waals surface area contributed by atoms with Crippen LogP contribution in [0.4, 0.5) is 4.39 Å². The summed E-state index contributed by atoms with van der Waals surface area (Å²) in [6, 6.07) is 10.8. The van der Waals surface area contributed by atoms with E-state index in [1.807, 2.05) is 25.1 Å². The molecule has 0 aromatic heterocycles. The lowest BCUT2D eigenvalue weighted by molar-refractivity contribution is 0.620. The third-order valence-corrected chi connectivity index (χ3v) is 4.48. The Hall–Kier alpha value is -0.380. The van der Waals surface area contributed by atoms with Crippen molar-refractivity contribution < 1.29 is 4.39 Å². The van der Waals surface area contributed by atoms with Crippen molar-refractivity contribution in [1.29, 1.82) is 0 Å². The molecule has 1 atom stereocenters. The van der Waals surface area contributed by atoms with E-state index in [0.29, 0.717) is 4.47 Å². The van der Waals surface area contributed by atoms with Gasteiger partial charge >= 0.3 is 0 Å². The van der Waals surface area contributed by atoms with E-state index in [2.05, 4.69) is 31.9 Å². The van der Waals surface area contributed by atoms with E-state index in [4.69, 9.17) is 11.6 Å². The normalized spacial score (nSPS) is 12.5. The molecule has 0 bridgehead atoms. The molecule has 0 heterocycles. The smallest absolute Gasteiger partial charge is 0.137 e.